The van der Waals surface area contributed by atoms with E-state index in [2.05, 4.69) is 5.32 Å². The van der Waals surface area contributed by atoms with Gasteiger partial charge in [-0.15, -0.1) is 0 Å². The van der Waals surface area contributed by atoms with Gasteiger partial charge in [0.1, 0.15) is 17.2 Å². The summed E-state index contributed by atoms with van der Waals surface area (Å²) in [5.41, 5.74) is 0.465. The Hall–Kier alpha value is -2.49. The molecule has 4 heteroatoms. The molecule has 0 bridgehead atoms. The largest absolute Gasteiger partial charge is 0.497 e. The third-order valence-electron chi connectivity index (χ3n) is 2.63. The van der Waals surface area contributed by atoms with E-state index >= 15 is 0 Å². The summed E-state index contributed by atoms with van der Waals surface area (Å²) in [5, 5.41) is 2.59. The first-order valence-electron chi connectivity index (χ1n) is 5.87. The highest BCUT2D eigenvalue weighted by Gasteiger charge is 2.13. The number of nitrogens with one attached hydrogen (secondary N) is 1. The summed E-state index contributed by atoms with van der Waals surface area (Å²) in [4.78, 5) is 11.8. The zero-order valence-electron chi connectivity index (χ0n) is 10.8. The first-order valence-corrected chi connectivity index (χ1v) is 5.87. The third kappa shape index (κ3) is 3.04. The zero-order valence-corrected chi connectivity index (χ0v) is 10.8. The maximum absolute atomic E-state index is 11.8. The molecule has 0 unspecified atom stereocenters. The van der Waals surface area contributed by atoms with E-state index in [4.69, 9.17) is 9.47 Å². The molecule has 0 saturated heterocycles. The zero-order chi connectivity index (χ0) is 13.7. The van der Waals surface area contributed by atoms with Crippen LogP contribution in [0, 0.1) is 0 Å². The minimum absolute atomic E-state index is 0.200. The lowest BCUT2D eigenvalue weighted by Crippen LogP contribution is -2.18. The molecular weight excluding hydrogens is 242 g/mol. The van der Waals surface area contributed by atoms with Crippen molar-refractivity contribution in [3.63, 3.8) is 0 Å². The van der Waals surface area contributed by atoms with Crippen LogP contribution in [0.15, 0.2) is 48.5 Å². The van der Waals surface area contributed by atoms with E-state index < -0.39 is 0 Å². The van der Waals surface area contributed by atoms with Gasteiger partial charge in [0.2, 0.25) is 0 Å². The fourth-order valence-corrected chi connectivity index (χ4v) is 1.65. The summed E-state index contributed by atoms with van der Waals surface area (Å²) in [7, 11) is 3.15. The van der Waals surface area contributed by atoms with Gasteiger partial charge in [-0.1, -0.05) is 18.2 Å². The maximum Gasteiger partial charge on any atom is 0.254 e. The fourth-order valence-electron chi connectivity index (χ4n) is 1.65. The van der Waals surface area contributed by atoms with Gasteiger partial charge in [-0.2, -0.15) is 0 Å². The average molecular weight is 257 g/mol. The van der Waals surface area contributed by atoms with Gasteiger partial charge < -0.3 is 14.8 Å². The second kappa shape index (κ2) is 5.91. The van der Waals surface area contributed by atoms with Gasteiger partial charge in [0.25, 0.3) is 5.91 Å². The Labute approximate surface area is 112 Å². The van der Waals surface area contributed by atoms with Crippen LogP contribution in [-0.4, -0.2) is 20.1 Å². The van der Waals surface area contributed by atoms with Gasteiger partial charge in [0, 0.05) is 13.1 Å². The summed E-state index contributed by atoms with van der Waals surface area (Å²) < 4.78 is 10.9. The number of ether oxygens (including phenoxy) is 2. The number of benzene rings is 2. The molecule has 0 fully saturated rings. The molecule has 0 spiro atoms. The standard InChI is InChI=1S/C15H15NO3/c1-16-15(17)13-9-8-12(18-2)10-14(13)19-11-6-4-3-5-7-11/h3-10H,1-2H3,(H,16,17). The number of para-hydroxylation sites is 1. The van der Waals surface area contributed by atoms with Crippen LogP contribution in [0.2, 0.25) is 0 Å². The third-order valence-corrected chi connectivity index (χ3v) is 2.63. The highest BCUT2D eigenvalue weighted by Crippen LogP contribution is 2.29. The van der Waals surface area contributed by atoms with Crippen molar-refractivity contribution in [3.8, 4) is 17.2 Å². The smallest absolute Gasteiger partial charge is 0.254 e. The Morgan fingerprint density at radius 3 is 2.42 bits per heavy atom. The molecule has 0 aromatic heterocycles. The molecule has 4 nitrogen and oxygen atoms in total. The molecule has 2 rings (SSSR count). The van der Waals surface area contributed by atoms with Crippen LogP contribution >= 0.6 is 0 Å². The molecule has 0 aliphatic carbocycles. The predicted molar refractivity (Wildman–Crippen MR) is 72.9 cm³/mol. The number of methoxy groups -OCH3 is 1. The summed E-state index contributed by atoms with van der Waals surface area (Å²) >= 11 is 0. The quantitative estimate of drug-likeness (QED) is 0.916. The predicted octanol–water partition coefficient (Wildman–Crippen LogP) is 2.85. The average Bonchev–Trinajstić information content (AvgIpc) is 2.47. The monoisotopic (exact) mass is 257 g/mol. The van der Waals surface area contributed by atoms with Crippen LogP contribution in [0.5, 0.6) is 17.2 Å². The molecule has 0 atom stereocenters. The Morgan fingerprint density at radius 2 is 1.79 bits per heavy atom. The van der Waals surface area contributed by atoms with Gasteiger partial charge in [-0.05, 0) is 24.3 Å². The van der Waals surface area contributed by atoms with E-state index in [1.807, 2.05) is 30.3 Å². The van der Waals surface area contributed by atoms with Crippen LogP contribution in [0.25, 0.3) is 0 Å². The van der Waals surface area contributed by atoms with Gasteiger partial charge in [0.05, 0.1) is 12.7 Å². The number of hydrogen-bond acceptors (Lipinski definition) is 3. The van der Waals surface area contributed by atoms with Crippen molar-refractivity contribution in [2.24, 2.45) is 0 Å². The van der Waals surface area contributed by atoms with Crippen LogP contribution in [0.4, 0.5) is 0 Å². The Balaban J connectivity index is 2.38. The summed E-state index contributed by atoms with van der Waals surface area (Å²) in [6.07, 6.45) is 0. The molecule has 0 aliphatic heterocycles. The van der Waals surface area contributed by atoms with E-state index in [1.54, 1.807) is 32.4 Å². The molecule has 1 amide bonds. The van der Waals surface area contributed by atoms with Crippen LogP contribution < -0.4 is 14.8 Å². The molecule has 0 saturated carbocycles. The van der Waals surface area contributed by atoms with Crippen molar-refractivity contribution < 1.29 is 14.3 Å². The molecule has 19 heavy (non-hydrogen) atoms. The van der Waals surface area contributed by atoms with E-state index in [0.29, 0.717) is 22.8 Å². The summed E-state index contributed by atoms with van der Waals surface area (Å²) in [6, 6.07) is 14.4. The molecule has 0 heterocycles. The lowest BCUT2D eigenvalue weighted by Gasteiger charge is -2.11. The van der Waals surface area contributed by atoms with Crippen molar-refractivity contribution in [1.82, 2.24) is 5.32 Å². The molecule has 2 aromatic carbocycles. The Bertz CT molecular complexity index is 567. The second-order valence-corrected chi connectivity index (χ2v) is 3.86. The number of hydrogen-bond donors (Lipinski definition) is 1. The highest BCUT2D eigenvalue weighted by molar-refractivity contribution is 5.97. The first kappa shape index (κ1) is 13.0. The second-order valence-electron chi connectivity index (χ2n) is 3.86. The van der Waals surface area contributed by atoms with Crippen molar-refractivity contribution in [2.75, 3.05) is 14.2 Å². The van der Waals surface area contributed by atoms with E-state index in [9.17, 15) is 4.79 Å². The summed E-state index contributed by atoms with van der Waals surface area (Å²) in [6.45, 7) is 0. The van der Waals surface area contributed by atoms with Crippen LogP contribution in [0.3, 0.4) is 0 Å². The minimum Gasteiger partial charge on any atom is -0.497 e. The van der Waals surface area contributed by atoms with Gasteiger partial charge in [-0.3, -0.25) is 4.79 Å². The number of carbonyl (C=O) groups is 1. The van der Waals surface area contributed by atoms with E-state index in [-0.39, 0.29) is 5.91 Å². The lowest BCUT2D eigenvalue weighted by atomic mass is 10.1. The minimum atomic E-state index is -0.200. The summed E-state index contributed by atoms with van der Waals surface area (Å²) in [5.74, 6) is 1.57. The van der Waals surface area contributed by atoms with Crippen LogP contribution in [-0.2, 0) is 0 Å². The molecule has 98 valence electrons. The van der Waals surface area contributed by atoms with E-state index in [1.165, 1.54) is 0 Å². The van der Waals surface area contributed by atoms with Crippen molar-refractivity contribution in [2.45, 2.75) is 0 Å². The molecule has 0 aliphatic rings. The molecule has 0 radical (unpaired) electrons. The number of amides is 1. The number of carbonyl (C=O) groups excluding carboxylic acids is 1. The van der Waals surface area contributed by atoms with E-state index in [0.717, 1.165) is 0 Å². The molecular formula is C15H15NO3. The first-order chi connectivity index (χ1) is 9.24. The SMILES string of the molecule is CNC(=O)c1ccc(OC)cc1Oc1ccccc1. The molecule has 2 aromatic rings. The lowest BCUT2D eigenvalue weighted by molar-refractivity contribution is 0.0961. The Kier molecular flexibility index (Phi) is 4.03. The van der Waals surface area contributed by atoms with Crippen LogP contribution in [0.1, 0.15) is 10.4 Å². The topological polar surface area (TPSA) is 47.6 Å². The highest BCUT2D eigenvalue weighted by atomic mass is 16.5. The van der Waals surface area contributed by atoms with Crippen molar-refractivity contribution in [1.29, 1.82) is 0 Å². The van der Waals surface area contributed by atoms with Crippen molar-refractivity contribution in [3.05, 3.63) is 54.1 Å². The van der Waals surface area contributed by atoms with Gasteiger partial charge >= 0.3 is 0 Å². The Morgan fingerprint density at radius 1 is 1.05 bits per heavy atom. The molecule has 1 N–H and O–H groups in total. The maximum atomic E-state index is 11.8. The fraction of sp³-hybridized carbons (Fsp3) is 0.133. The van der Waals surface area contributed by atoms with Gasteiger partial charge in [0.15, 0.2) is 0 Å². The van der Waals surface area contributed by atoms with Crippen molar-refractivity contribution >= 4 is 5.91 Å². The van der Waals surface area contributed by atoms with Gasteiger partial charge in [-0.25, -0.2) is 0 Å². The number of rotatable bonds is 4. The normalized spacial score (nSPS) is 9.79.